The molecule has 0 spiro atoms. The van der Waals surface area contributed by atoms with Crippen LogP contribution in [0.3, 0.4) is 0 Å². The van der Waals surface area contributed by atoms with E-state index in [1.54, 1.807) is 12.1 Å². The van der Waals surface area contributed by atoms with Gasteiger partial charge in [0, 0.05) is 12.5 Å². The van der Waals surface area contributed by atoms with E-state index in [0.717, 1.165) is 5.56 Å². The van der Waals surface area contributed by atoms with Crippen molar-refractivity contribution in [2.24, 2.45) is 5.73 Å². The molecule has 0 amide bonds. The van der Waals surface area contributed by atoms with E-state index in [4.69, 9.17) is 10.2 Å². The molecule has 0 radical (unpaired) electrons. The minimum atomic E-state index is -0.243. The largest absolute Gasteiger partial charge is 0.425 e. The van der Waals surface area contributed by atoms with Gasteiger partial charge in [0.25, 0.3) is 0 Å². The van der Waals surface area contributed by atoms with Crippen molar-refractivity contribution in [3.63, 3.8) is 0 Å². The lowest BCUT2D eigenvalue weighted by atomic mass is 9.99. The number of halogens is 1. The number of rotatable bonds is 5. The van der Waals surface area contributed by atoms with Crippen molar-refractivity contribution in [1.82, 2.24) is 10.2 Å². The maximum Gasteiger partial charge on any atom is 0.221 e. The Balaban J connectivity index is 2.12. The van der Waals surface area contributed by atoms with Gasteiger partial charge in [0.2, 0.25) is 11.8 Å². The molecule has 2 N–H and O–H groups in total. The summed E-state index contributed by atoms with van der Waals surface area (Å²) in [5.74, 6) is 1.09. The molecule has 0 aliphatic heterocycles. The lowest BCUT2D eigenvalue weighted by molar-refractivity contribution is 0.402. The van der Waals surface area contributed by atoms with Gasteiger partial charge < -0.3 is 10.2 Å². The fourth-order valence-corrected chi connectivity index (χ4v) is 1.82. The van der Waals surface area contributed by atoms with Crippen LogP contribution in [0.4, 0.5) is 4.39 Å². The molecule has 1 heterocycles. The van der Waals surface area contributed by atoms with E-state index in [9.17, 15) is 4.39 Å². The predicted molar refractivity (Wildman–Crippen MR) is 70.3 cm³/mol. The van der Waals surface area contributed by atoms with Gasteiger partial charge in [-0.3, -0.25) is 0 Å². The molecular weight excluding hydrogens is 245 g/mol. The quantitative estimate of drug-likeness (QED) is 0.900. The van der Waals surface area contributed by atoms with Gasteiger partial charge >= 0.3 is 0 Å². The predicted octanol–water partition coefficient (Wildman–Crippen LogP) is 2.62. The van der Waals surface area contributed by atoms with Crippen molar-refractivity contribution in [2.45, 2.75) is 32.1 Å². The molecule has 0 aliphatic carbocycles. The van der Waals surface area contributed by atoms with Gasteiger partial charge in [-0.05, 0) is 24.1 Å². The second-order valence-electron chi connectivity index (χ2n) is 4.90. The standard InChI is InChI=1S/C14H18FN3O/c1-9(2)13-17-18-14(19-13)11(8-16)7-10-3-5-12(15)6-4-10/h3-6,9,11H,7-8,16H2,1-2H3. The Morgan fingerprint density at radius 2 is 1.79 bits per heavy atom. The average molecular weight is 263 g/mol. The van der Waals surface area contributed by atoms with Crippen LogP contribution in [-0.4, -0.2) is 16.7 Å². The number of nitrogens with zero attached hydrogens (tertiary/aromatic N) is 2. The molecule has 0 fully saturated rings. The first kappa shape index (κ1) is 13.7. The SMILES string of the molecule is CC(C)c1nnc(C(CN)Cc2ccc(F)cc2)o1. The molecule has 2 aromatic rings. The van der Waals surface area contributed by atoms with Gasteiger partial charge in [-0.25, -0.2) is 4.39 Å². The fraction of sp³-hybridized carbons (Fsp3) is 0.429. The molecule has 0 saturated heterocycles. The molecule has 0 saturated carbocycles. The van der Waals surface area contributed by atoms with Gasteiger partial charge in [-0.2, -0.15) is 0 Å². The van der Waals surface area contributed by atoms with Crippen LogP contribution in [0.1, 0.15) is 43.0 Å². The number of nitrogens with two attached hydrogens (primary N) is 1. The highest BCUT2D eigenvalue weighted by Crippen LogP contribution is 2.21. The first-order chi connectivity index (χ1) is 9.10. The summed E-state index contributed by atoms with van der Waals surface area (Å²) < 4.78 is 18.5. The Morgan fingerprint density at radius 3 is 2.32 bits per heavy atom. The van der Waals surface area contributed by atoms with Gasteiger partial charge in [0.1, 0.15) is 5.82 Å². The molecule has 102 valence electrons. The summed E-state index contributed by atoms with van der Waals surface area (Å²) in [5, 5.41) is 8.06. The third kappa shape index (κ3) is 3.38. The van der Waals surface area contributed by atoms with Crippen molar-refractivity contribution in [2.75, 3.05) is 6.54 Å². The van der Waals surface area contributed by atoms with Gasteiger partial charge in [-0.1, -0.05) is 26.0 Å². The average Bonchev–Trinajstić information content (AvgIpc) is 2.88. The highest BCUT2D eigenvalue weighted by atomic mass is 19.1. The first-order valence-electron chi connectivity index (χ1n) is 6.38. The zero-order valence-electron chi connectivity index (χ0n) is 11.1. The topological polar surface area (TPSA) is 64.9 Å². The van der Waals surface area contributed by atoms with E-state index < -0.39 is 0 Å². The molecule has 0 aliphatic rings. The first-order valence-corrected chi connectivity index (χ1v) is 6.38. The maximum absolute atomic E-state index is 12.9. The Labute approximate surface area is 111 Å². The minimum absolute atomic E-state index is 0.0366. The molecule has 1 atom stereocenters. The van der Waals surface area contributed by atoms with Crippen molar-refractivity contribution >= 4 is 0 Å². The van der Waals surface area contributed by atoms with Crippen LogP contribution in [0.5, 0.6) is 0 Å². The van der Waals surface area contributed by atoms with Crippen LogP contribution in [0, 0.1) is 5.82 Å². The van der Waals surface area contributed by atoms with Crippen LogP contribution in [0.25, 0.3) is 0 Å². The Kier molecular flexibility index (Phi) is 4.27. The van der Waals surface area contributed by atoms with E-state index in [-0.39, 0.29) is 17.7 Å². The van der Waals surface area contributed by atoms with Crippen LogP contribution in [0.15, 0.2) is 28.7 Å². The molecule has 2 rings (SSSR count). The summed E-state index contributed by atoms with van der Waals surface area (Å²) in [6, 6.07) is 6.38. The molecule has 4 nitrogen and oxygen atoms in total. The minimum Gasteiger partial charge on any atom is -0.425 e. The fourth-order valence-electron chi connectivity index (χ4n) is 1.82. The number of hydrogen-bond acceptors (Lipinski definition) is 4. The lowest BCUT2D eigenvalue weighted by Gasteiger charge is -2.10. The summed E-state index contributed by atoms with van der Waals surface area (Å²) in [5.41, 5.74) is 6.77. The molecular formula is C14H18FN3O. The van der Waals surface area contributed by atoms with Gasteiger partial charge in [0.05, 0.1) is 5.92 Å². The van der Waals surface area contributed by atoms with E-state index >= 15 is 0 Å². The van der Waals surface area contributed by atoms with Gasteiger partial charge in [0.15, 0.2) is 0 Å². The van der Waals surface area contributed by atoms with Crippen LogP contribution in [0.2, 0.25) is 0 Å². The van der Waals surface area contributed by atoms with E-state index in [1.807, 2.05) is 13.8 Å². The Bertz CT molecular complexity index is 522. The van der Waals surface area contributed by atoms with Crippen LogP contribution < -0.4 is 5.73 Å². The lowest BCUT2D eigenvalue weighted by Crippen LogP contribution is -2.15. The van der Waals surface area contributed by atoms with Crippen molar-refractivity contribution < 1.29 is 8.81 Å². The van der Waals surface area contributed by atoms with Crippen molar-refractivity contribution in [3.8, 4) is 0 Å². The zero-order valence-corrected chi connectivity index (χ0v) is 11.1. The monoisotopic (exact) mass is 263 g/mol. The summed E-state index contributed by atoms with van der Waals surface area (Å²) >= 11 is 0. The van der Waals surface area contributed by atoms with Gasteiger partial charge in [-0.15, -0.1) is 10.2 Å². The number of hydrogen-bond donors (Lipinski definition) is 1. The maximum atomic E-state index is 12.9. The smallest absolute Gasteiger partial charge is 0.221 e. The van der Waals surface area contributed by atoms with Crippen LogP contribution in [-0.2, 0) is 6.42 Å². The molecule has 5 heteroatoms. The van der Waals surface area contributed by atoms with E-state index in [2.05, 4.69) is 10.2 Å². The third-order valence-corrected chi connectivity index (χ3v) is 2.98. The highest BCUT2D eigenvalue weighted by molar-refractivity contribution is 5.18. The Hall–Kier alpha value is -1.75. The molecule has 1 aromatic carbocycles. The number of aromatic nitrogens is 2. The summed E-state index contributed by atoms with van der Waals surface area (Å²) in [4.78, 5) is 0. The second kappa shape index (κ2) is 5.93. The van der Waals surface area contributed by atoms with Crippen molar-refractivity contribution in [3.05, 3.63) is 47.4 Å². The molecule has 1 aromatic heterocycles. The summed E-state index contributed by atoms with van der Waals surface area (Å²) in [6.07, 6.45) is 0.663. The molecule has 0 bridgehead atoms. The molecule has 19 heavy (non-hydrogen) atoms. The zero-order chi connectivity index (χ0) is 13.8. The highest BCUT2D eigenvalue weighted by Gasteiger charge is 2.19. The molecule has 1 unspecified atom stereocenters. The summed E-state index contributed by atoms with van der Waals surface area (Å²) in [6.45, 7) is 4.40. The second-order valence-corrected chi connectivity index (χ2v) is 4.90. The third-order valence-electron chi connectivity index (χ3n) is 2.98. The Morgan fingerprint density at radius 1 is 1.16 bits per heavy atom. The number of benzene rings is 1. The van der Waals surface area contributed by atoms with E-state index in [0.29, 0.717) is 24.7 Å². The normalized spacial score (nSPS) is 12.9. The van der Waals surface area contributed by atoms with Crippen molar-refractivity contribution in [1.29, 1.82) is 0 Å². The van der Waals surface area contributed by atoms with E-state index in [1.165, 1.54) is 12.1 Å². The summed E-state index contributed by atoms with van der Waals surface area (Å²) in [7, 11) is 0. The van der Waals surface area contributed by atoms with Crippen LogP contribution >= 0.6 is 0 Å².